The Hall–Kier alpha value is -0.450. The molecule has 0 aromatic heterocycles. The van der Waals surface area contributed by atoms with Crippen LogP contribution in [0.25, 0.3) is 0 Å². The molecule has 1 N–H and O–H groups in total. The summed E-state index contributed by atoms with van der Waals surface area (Å²) in [4.78, 5) is 0. The van der Waals surface area contributed by atoms with Gasteiger partial charge in [-0.3, -0.25) is 0 Å². The van der Waals surface area contributed by atoms with Gasteiger partial charge >= 0.3 is 0 Å². The van der Waals surface area contributed by atoms with E-state index in [-0.39, 0.29) is 11.9 Å². The number of methoxy groups -OCH3 is 1. The summed E-state index contributed by atoms with van der Waals surface area (Å²) < 4.78 is 18.9. The molecule has 1 aliphatic rings. The summed E-state index contributed by atoms with van der Waals surface area (Å²) in [7, 11) is 1.75. The summed E-state index contributed by atoms with van der Waals surface area (Å²) in [5.74, 6) is -0.213. The van der Waals surface area contributed by atoms with Gasteiger partial charge in [0, 0.05) is 26.3 Å². The molecule has 1 aromatic rings. The molecule has 1 aliphatic carbocycles. The molecule has 0 radical (unpaired) electrons. The predicted molar refractivity (Wildman–Crippen MR) is 78.7 cm³/mol. The van der Waals surface area contributed by atoms with E-state index in [4.69, 9.17) is 4.74 Å². The summed E-state index contributed by atoms with van der Waals surface area (Å²) in [6, 6.07) is 5.43. The normalized spacial score (nSPS) is 18.3. The van der Waals surface area contributed by atoms with Gasteiger partial charge in [-0.1, -0.05) is 6.07 Å². The van der Waals surface area contributed by atoms with Crippen molar-refractivity contribution in [3.05, 3.63) is 34.1 Å². The van der Waals surface area contributed by atoms with Crippen LogP contribution < -0.4 is 5.32 Å². The van der Waals surface area contributed by atoms with E-state index >= 15 is 0 Å². The van der Waals surface area contributed by atoms with Crippen molar-refractivity contribution in [1.29, 1.82) is 0 Å². The topological polar surface area (TPSA) is 21.3 Å². The van der Waals surface area contributed by atoms with Gasteiger partial charge in [-0.15, -0.1) is 0 Å². The van der Waals surface area contributed by atoms with Gasteiger partial charge in [0.1, 0.15) is 5.82 Å². The summed E-state index contributed by atoms with van der Waals surface area (Å²) in [5, 5.41) is 3.56. The zero-order valence-electron chi connectivity index (χ0n) is 11.5. The van der Waals surface area contributed by atoms with Gasteiger partial charge in [-0.2, -0.15) is 0 Å². The lowest BCUT2D eigenvalue weighted by Crippen LogP contribution is -2.27. The minimum absolute atomic E-state index is 0.213. The summed E-state index contributed by atoms with van der Waals surface area (Å²) in [6.45, 7) is 3.96. The monoisotopic (exact) mass is 329 g/mol. The minimum Gasteiger partial charge on any atom is -0.385 e. The van der Waals surface area contributed by atoms with Crippen LogP contribution in [0.4, 0.5) is 4.39 Å². The van der Waals surface area contributed by atoms with Crippen LogP contribution in [-0.2, 0) is 4.74 Å². The maximum atomic E-state index is 13.2. The van der Waals surface area contributed by atoms with Gasteiger partial charge in [-0.05, 0) is 65.2 Å². The van der Waals surface area contributed by atoms with Crippen molar-refractivity contribution >= 4 is 15.9 Å². The lowest BCUT2D eigenvalue weighted by molar-refractivity contribution is 0.170. The number of halogens is 2. The van der Waals surface area contributed by atoms with E-state index < -0.39 is 0 Å². The third kappa shape index (κ3) is 4.01. The molecule has 1 fully saturated rings. The molecule has 2 nitrogen and oxygen atoms in total. The molecule has 1 unspecified atom stereocenters. The first-order valence-corrected chi connectivity index (χ1v) is 7.53. The Balaban J connectivity index is 1.87. The highest BCUT2D eigenvalue weighted by Crippen LogP contribution is 2.48. The van der Waals surface area contributed by atoms with Crippen molar-refractivity contribution in [1.82, 2.24) is 5.32 Å². The second kappa shape index (κ2) is 6.33. The van der Waals surface area contributed by atoms with Crippen LogP contribution in [0.15, 0.2) is 22.7 Å². The number of rotatable bonds is 7. The number of benzene rings is 1. The van der Waals surface area contributed by atoms with Crippen LogP contribution in [0.2, 0.25) is 0 Å². The molecule has 0 amide bonds. The Morgan fingerprint density at radius 3 is 2.79 bits per heavy atom. The van der Waals surface area contributed by atoms with Gasteiger partial charge in [0.2, 0.25) is 0 Å². The number of hydrogen-bond acceptors (Lipinski definition) is 2. The fourth-order valence-electron chi connectivity index (χ4n) is 2.28. The standard InChI is InChI=1S/C15H21BrFNO/c1-11(12-3-4-14(17)13(16)9-12)18-10-15(5-6-15)7-8-19-2/h3-4,9,11,18H,5-8,10H2,1-2H3. The molecule has 0 heterocycles. The van der Waals surface area contributed by atoms with E-state index in [9.17, 15) is 4.39 Å². The molecule has 19 heavy (non-hydrogen) atoms. The quantitative estimate of drug-likeness (QED) is 0.814. The Morgan fingerprint density at radius 2 is 2.21 bits per heavy atom. The smallest absolute Gasteiger partial charge is 0.137 e. The Morgan fingerprint density at radius 1 is 1.47 bits per heavy atom. The number of hydrogen-bond donors (Lipinski definition) is 1. The molecule has 0 saturated heterocycles. The fourth-order valence-corrected chi connectivity index (χ4v) is 2.68. The highest BCUT2D eigenvalue weighted by molar-refractivity contribution is 9.10. The predicted octanol–water partition coefficient (Wildman–Crippen LogP) is 4.06. The molecular formula is C15H21BrFNO. The number of nitrogens with one attached hydrogen (secondary N) is 1. The van der Waals surface area contributed by atoms with E-state index in [1.807, 2.05) is 12.1 Å². The Labute approximate surface area is 122 Å². The maximum absolute atomic E-state index is 13.2. The average Bonchev–Trinajstić information content (AvgIpc) is 3.17. The first-order chi connectivity index (χ1) is 9.06. The highest BCUT2D eigenvalue weighted by Gasteiger charge is 2.41. The second-order valence-corrected chi connectivity index (χ2v) is 6.37. The summed E-state index contributed by atoms with van der Waals surface area (Å²) in [5.41, 5.74) is 1.54. The Kier molecular flexibility index (Phi) is 4.98. The average molecular weight is 330 g/mol. The van der Waals surface area contributed by atoms with Gasteiger partial charge < -0.3 is 10.1 Å². The van der Waals surface area contributed by atoms with Crippen molar-refractivity contribution in [3.63, 3.8) is 0 Å². The van der Waals surface area contributed by atoms with E-state index in [0.717, 1.165) is 25.1 Å². The third-order valence-electron chi connectivity index (χ3n) is 4.02. The maximum Gasteiger partial charge on any atom is 0.137 e. The molecular weight excluding hydrogens is 309 g/mol. The van der Waals surface area contributed by atoms with Crippen LogP contribution in [0, 0.1) is 11.2 Å². The molecule has 0 bridgehead atoms. The molecule has 106 valence electrons. The van der Waals surface area contributed by atoms with Gasteiger partial charge in [-0.25, -0.2) is 4.39 Å². The molecule has 1 saturated carbocycles. The van der Waals surface area contributed by atoms with Gasteiger partial charge in [0.25, 0.3) is 0 Å². The van der Waals surface area contributed by atoms with Crippen LogP contribution >= 0.6 is 15.9 Å². The Bertz CT molecular complexity index is 434. The van der Waals surface area contributed by atoms with Gasteiger partial charge in [0.05, 0.1) is 4.47 Å². The first-order valence-electron chi connectivity index (χ1n) is 6.74. The zero-order valence-corrected chi connectivity index (χ0v) is 13.1. The van der Waals surface area contributed by atoms with Crippen molar-refractivity contribution < 1.29 is 9.13 Å². The molecule has 0 spiro atoms. The lowest BCUT2D eigenvalue weighted by atomic mass is 10.0. The molecule has 0 aliphatic heterocycles. The minimum atomic E-state index is -0.213. The molecule has 4 heteroatoms. The second-order valence-electron chi connectivity index (χ2n) is 5.52. The van der Waals surface area contributed by atoms with Crippen molar-refractivity contribution in [3.8, 4) is 0 Å². The molecule has 1 atom stereocenters. The zero-order chi connectivity index (χ0) is 13.9. The van der Waals surface area contributed by atoms with Gasteiger partial charge in [0.15, 0.2) is 0 Å². The van der Waals surface area contributed by atoms with Crippen LogP contribution in [0.5, 0.6) is 0 Å². The largest absolute Gasteiger partial charge is 0.385 e. The fraction of sp³-hybridized carbons (Fsp3) is 0.600. The van der Waals surface area contributed by atoms with E-state index in [2.05, 4.69) is 28.2 Å². The summed E-state index contributed by atoms with van der Waals surface area (Å²) in [6.07, 6.45) is 3.68. The highest BCUT2D eigenvalue weighted by atomic mass is 79.9. The van der Waals surface area contributed by atoms with E-state index in [0.29, 0.717) is 9.89 Å². The lowest BCUT2D eigenvalue weighted by Gasteiger charge is -2.20. The first kappa shape index (κ1) is 14.9. The molecule has 1 aromatic carbocycles. The summed E-state index contributed by atoms with van der Waals surface area (Å²) >= 11 is 3.23. The van der Waals surface area contributed by atoms with Crippen molar-refractivity contribution in [2.75, 3.05) is 20.3 Å². The SMILES string of the molecule is COCCC1(CNC(C)c2ccc(F)c(Br)c2)CC1. The third-order valence-corrected chi connectivity index (χ3v) is 4.63. The number of ether oxygens (including phenoxy) is 1. The van der Waals surface area contributed by atoms with E-state index in [1.165, 1.54) is 18.9 Å². The van der Waals surface area contributed by atoms with Crippen LogP contribution in [0.3, 0.4) is 0 Å². The van der Waals surface area contributed by atoms with Crippen molar-refractivity contribution in [2.45, 2.75) is 32.2 Å². The molecule has 2 rings (SSSR count). The van der Waals surface area contributed by atoms with E-state index in [1.54, 1.807) is 7.11 Å². The van der Waals surface area contributed by atoms with Crippen LogP contribution in [0.1, 0.15) is 37.8 Å². The van der Waals surface area contributed by atoms with Crippen molar-refractivity contribution in [2.24, 2.45) is 5.41 Å². The van der Waals surface area contributed by atoms with Crippen LogP contribution in [-0.4, -0.2) is 20.3 Å².